The van der Waals surface area contributed by atoms with E-state index in [0.717, 1.165) is 12.1 Å². The molecule has 4 nitrogen and oxygen atoms in total. The molecule has 0 aliphatic rings. The van der Waals surface area contributed by atoms with E-state index in [1.807, 2.05) is 0 Å². The third-order valence-electron chi connectivity index (χ3n) is 2.35. The van der Waals surface area contributed by atoms with Crippen molar-refractivity contribution in [3.05, 3.63) is 29.3 Å². The third kappa shape index (κ3) is 5.74. The van der Waals surface area contributed by atoms with Crippen LogP contribution in [0.4, 0.5) is 13.2 Å². The molecule has 0 aliphatic heterocycles. The minimum Gasteiger partial charge on any atom is -0.462 e. The number of ketones is 1. The molecule has 0 amide bonds. The SMILES string of the molecule is CCOC(=O)c1cc(OC(F)(F)F)ccc1CC(=O)CBr. The fraction of sp³-hybridized carbons (Fsp3) is 0.385. The molecule has 0 saturated heterocycles. The summed E-state index contributed by atoms with van der Waals surface area (Å²) in [6.07, 6.45) is -4.95. The van der Waals surface area contributed by atoms with Crippen molar-refractivity contribution in [3.8, 4) is 5.75 Å². The summed E-state index contributed by atoms with van der Waals surface area (Å²) in [5.74, 6) is -1.56. The normalized spacial score (nSPS) is 11.1. The van der Waals surface area contributed by atoms with Crippen LogP contribution in [0.2, 0.25) is 0 Å². The Bertz CT molecular complexity index is 529. The number of hydrogen-bond donors (Lipinski definition) is 0. The zero-order valence-corrected chi connectivity index (χ0v) is 12.6. The molecule has 116 valence electrons. The van der Waals surface area contributed by atoms with Crippen molar-refractivity contribution in [2.75, 3.05) is 11.9 Å². The van der Waals surface area contributed by atoms with Crippen LogP contribution in [0.3, 0.4) is 0 Å². The minimum absolute atomic E-state index is 0.0645. The molecule has 0 unspecified atom stereocenters. The number of alkyl halides is 4. The van der Waals surface area contributed by atoms with Crippen LogP contribution in [-0.2, 0) is 16.0 Å². The van der Waals surface area contributed by atoms with Crippen LogP contribution in [0.15, 0.2) is 18.2 Å². The molecule has 21 heavy (non-hydrogen) atoms. The van der Waals surface area contributed by atoms with Crippen molar-refractivity contribution < 1.29 is 32.2 Å². The lowest BCUT2D eigenvalue weighted by Gasteiger charge is -2.12. The zero-order valence-electron chi connectivity index (χ0n) is 11.0. The quantitative estimate of drug-likeness (QED) is 0.571. The van der Waals surface area contributed by atoms with Gasteiger partial charge in [-0.15, -0.1) is 13.2 Å². The van der Waals surface area contributed by atoms with Crippen LogP contribution in [0.25, 0.3) is 0 Å². The minimum atomic E-state index is -4.86. The molecular formula is C13H12BrF3O4. The number of halogens is 4. The van der Waals surface area contributed by atoms with Crippen LogP contribution in [-0.4, -0.2) is 30.1 Å². The van der Waals surface area contributed by atoms with E-state index in [0.29, 0.717) is 0 Å². The summed E-state index contributed by atoms with van der Waals surface area (Å²) >= 11 is 2.98. The van der Waals surface area contributed by atoms with E-state index in [1.54, 1.807) is 6.92 Å². The van der Waals surface area contributed by atoms with Crippen molar-refractivity contribution in [2.24, 2.45) is 0 Å². The molecule has 0 saturated carbocycles. The van der Waals surface area contributed by atoms with Gasteiger partial charge in [-0.25, -0.2) is 4.79 Å². The van der Waals surface area contributed by atoms with Gasteiger partial charge in [-0.3, -0.25) is 4.79 Å². The topological polar surface area (TPSA) is 52.6 Å². The molecule has 0 radical (unpaired) electrons. The molecule has 1 aromatic rings. The summed E-state index contributed by atoms with van der Waals surface area (Å²) in [6.45, 7) is 1.63. The molecule has 0 spiro atoms. The standard InChI is InChI=1S/C13H12BrF3O4/c1-2-20-12(19)11-6-10(21-13(15,16)17)4-3-8(11)5-9(18)7-14/h3-4,6H,2,5,7H2,1H3. The van der Waals surface area contributed by atoms with Gasteiger partial charge in [-0.05, 0) is 24.6 Å². The number of Topliss-reactive ketones (excluding diaryl/α,β-unsaturated/α-hetero) is 1. The molecule has 0 N–H and O–H groups in total. The first-order valence-corrected chi connectivity index (χ1v) is 7.02. The Kier molecular flexibility index (Phi) is 6.19. The lowest BCUT2D eigenvalue weighted by Crippen LogP contribution is -2.18. The van der Waals surface area contributed by atoms with Gasteiger partial charge in [0.1, 0.15) is 11.5 Å². The molecule has 0 aromatic heterocycles. The van der Waals surface area contributed by atoms with E-state index in [4.69, 9.17) is 4.74 Å². The second-order valence-corrected chi connectivity index (χ2v) is 4.50. The highest BCUT2D eigenvalue weighted by Gasteiger charge is 2.31. The number of rotatable bonds is 6. The third-order valence-corrected chi connectivity index (χ3v) is 2.97. The summed E-state index contributed by atoms with van der Waals surface area (Å²) in [6, 6.07) is 3.21. The number of hydrogen-bond acceptors (Lipinski definition) is 4. The summed E-state index contributed by atoms with van der Waals surface area (Å²) in [7, 11) is 0. The Morgan fingerprint density at radius 3 is 2.48 bits per heavy atom. The van der Waals surface area contributed by atoms with E-state index in [2.05, 4.69) is 20.7 Å². The first-order valence-electron chi connectivity index (χ1n) is 5.90. The Balaban J connectivity index is 3.13. The van der Waals surface area contributed by atoms with Gasteiger partial charge in [-0.2, -0.15) is 0 Å². The fourth-order valence-corrected chi connectivity index (χ4v) is 1.76. The lowest BCUT2D eigenvalue weighted by atomic mass is 10.0. The number of esters is 1. The van der Waals surface area contributed by atoms with Crippen LogP contribution in [0.1, 0.15) is 22.8 Å². The molecule has 8 heteroatoms. The van der Waals surface area contributed by atoms with Gasteiger partial charge in [0.2, 0.25) is 0 Å². The van der Waals surface area contributed by atoms with E-state index >= 15 is 0 Å². The summed E-state index contributed by atoms with van der Waals surface area (Å²) < 4.78 is 45.1. The van der Waals surface area contributed by atoms with Gasteiger partial charge in [0.25, 0.3) is 0 Å². The van der Waals surface area contributed by atoms with Crippen LogP contribution < -0.4 is 4.74 Å². The van der Waals surface area contributed by atoms with Crippen LogP contribution in [0, 0.1) is 0 Å². The molecule has 1 rings (SSSR count). The second-order valence-electron chi connectivity index (χ2n) is 3.94. The highest BCUT2D eigenvalue weighted by Crippen LogP contribution is 2.26. The Morgan fingerprint density at radius 2 is 1.95 bits per heavy atom. The number of carbonyl (C=O) groups excluding carboxylic acids is 2. The Morgan fingerprint density at radius 1 is 1.29 bits per heavy atom. The summed E-state index contributed by atoms with van der Waals surface area (Å²) in [4.78, 5) is 23.2. The van der Waals surface area contributed by atoms with Crippen molar-refractivity contribution in [1.29, 1.82) is 0 Å². The first-order chi connectivity index (χ1) is 9.76. The molecule has 0 fully saturated rings. The summed E-state index contributed by atoms with van der Waals surface area (Å²) in [5.41, 5.74) is 0.167. The number of ether oxygens (including phenoxy) is 2. The number of carbonyl (C=O) groups is 2. The molecule has 0 atom stereocenters. The fourth-order valence-electron chi connectivity index (χ4n) is 1.57. The number of benzene rings is 1. The maximum absolute atomic E-state index is 12.2. The van der Waals surface area contributed by atoms with Gasteiger partial charge >= 0.3 is 12.3 Å². The van der Waals surface area contributed by atoms with Gasteiger partial charge < -0.3 is 9.47 Å². The first kappa shape index (κ1) is 17.5. The Hall–Kier alpha value is -1.57. The van der Waals surface area contributed by atoms with Crippen LogP contribution >= 0.6 is 15.9 Å². The van der Waals surface area contributed by atoms with Crippen LogP contribution in [0.5, 0.6) is 5.75 Å². The van der Waals surface area contributed by atoms with Gasteiger partial charge in [-0.1, -0.05) is 22.0 Å². The highest BCUT2D eigenvalue weighted by molar-refractivity contribution is 9.09. The van der Waals surface area contributed by atoms with E-state index in [9.17, 15) is 22.8 Å². The molecular weight excluding hydrogens is 357 g/mol. The van der Waals surface area contributed by atoms with E-state index in [-0.39, 0.29) is 35.3 Å². The molecule has 0 aliphatic carbocycles. The van der Waals surface area contributed by atoms with Crippen molar-refractivity contribution in [2.45, 2.75) is 19.7 Å². The van der Waals surface area contributed by atoms with E-state index in [1.165, 1.54) is 6.07 Å². The molecule has 1 aromatic carbocycles. The lowest BCUT2D eigenvalue weighted by molar-refractivity contribution is -0.274. The maximum Gasteiger partial charge on any atom is 0.573 e. The molecule has 0 bridgehead atoms. The van der Waals surface area contributed by atoms with Crippen molar-refractivity contribution >= 4 is 27.7 Å². The van der Waals surface area contributed by atoms with Gasteiger partial charge in [0.15, 0.2) is 0 Å². The average Bonchev–Trinajstić information content (AvgIpc) is 2.38. The highest BCUT2D eigenvalue weighted by atomic mass is 79.9. The van der Waals surface area contributed by atoms with Crippen molar-refractivity contribution in [3.63, 3.8) is 0 Å². The summed E-state index contributed by atoms with van der Waals surface area (Å²) in [5, 5.41) is 0.0794. The predicted molar refractivity (Wildman–Crippen MR) is 71.6 cm³/mol. The maximum atomic E-state index is 12.2. The van der Waals surface area contributed by atoms with Gasteiger partial charge in [0.05, 0.1) is 17.5 Å². The van der Waals surface area contributed by atoms with E-state index < -0.39 is 18.1 Å². The predicted octanol–water partition coefficient (Wildman–Crippen LogP) is 3.27. The Labute approximate surface area is 127 Å². The smallest absolute Gasteiger partial charge is 0.462 e. The molecule has 0 heterocycles. The average molecular weight is 369 g/mol. The largest absolute Gasteiger partial charge is 0.573 e. The second kappa shape index (κ2) is 7.44. The van der Waals surface area contributed by atoms with Crippen molar-refractivity contribution in [1.82, 2.24) is 0 Å². The monoisotopic (exact) mass is 368 g/mol. The van der Waals surface area contributed by atoms with Gasteiger partial charge in [0, 0.05) is 6.42 Å². The zero-order chi connectivity index (χ0) is 16.0.